The molecule has 1 aromatic heterocycles. The largest absolute Gasteiger partial charge is 0.294 e. The highest BCUT2D eigenvalue weighted by molar-refractivity contribution is 6.32. The normalized spacial score (nSPS) is 28.1. The zero-order chi connectivity index (χ0) is 15.9. The Hall–Kier alpha value is -1.55. The molecule has 0 radical (unpaired) electrons. The fourth-order valence-corrected chi connectivity index (χ4v) is 4.73. The maximum absolute atomic E-state index is 13.2. The van der Waals surface area contributed by atoms with Crippen LogP contribution in [0.15, 0.2) is 23.0 Å². The number of fused-ring (bicyclic) bond motifs is 5. The lowest BCUT2D eigenvalue weighted by atomic mass is 9.70. The summed E-state index contributed by atoms with van der Waals surface area (Å²) in [6.07, 6.45) is 2.12. The molecule has 1 heterocycles. The summed E-state index contributed by atoms with van der Waals surface area (Å²) >= 11 is 6.12. The molecule has 0 unspecified atom stereocenters. The third-order valence-corrected chi connectivity index (χ3v) is 6.51. The average Bonchev–Trinajstić information content (AvgIpc) is 2.94. The molecule has 22 heavy (non-hydrogen) atoms. The lowest BCUT2D eigenvalue weighted by molar-refractivity contribution is 0.224. The van der Waals surface area contributed by atoms with Crippen molar-refractivity contribution in [3.05, 3.63) is 50.7 Å². The van der Waals surface area contributed by atoms with Crippen molar-refractivity contribution in [1.82, 2.24) is 9.78 Å². The van der Waals surface area contributed by atoms with Gasteiger partial charge in [-0.1, -0.05) is 32.4 Å². The highest BCUT2D eigenvalue weighted by Gasteiger charge is 2.61. The van der Waals surface area contributed by atoms with E-state index in [1.54, 1.807) is 6.07 Å². The third kappa shape index (κ3) is 1.44. The predicted molar refractivity (Wildman–Crippen MR) is 84.5 cm³/mol. The predicted octanol–water partition coefficient (Wildman–Crippen LogP) is 4.13. The average molecular weight is 321 g/mol. The lowest BCUT2D eigenvalue weighted by Crippen LogP contribution is -2.33. The van der Waals surface area contributed by atoms with E-state index in [1.165, 1.54) is 16.8 Å². The number of H-pyrrole nitrogens is 1. The van der Waals surface area contributed by atoms with Gasteiger partial charge in [-0.15, -0.1) is 0 Å². The Bertz CT molecular complexity index is 851. The van der Waals surface area contributed by atoms with Gasteiger partial charge in [0.05, 0.1) is 10.7 Å². The number of nitrogens with one attached hydrogen (secondary N) is 1. The van der Waals surface area contributed by atoms with Crippen LogP contribution in [-0.4, -0.2) is 9.78 Å². The molecule has 4 rings (SSSR count). The Morgan fingerprint density at radius 3 is 2.73 bits per heavy atom. The van der Waals surface area contributed by atoms with E-state index in [0.717, 1.165) is 24.1 Å². The SMILES string of the molecule is CC1(C)[C@@H]2CC[C@@]1(C)c1[nH]n(-c3ccc(F)cc3Cl)c(=O)c12. The highest BCUT2D eigenvalue weighted by atomic mass is 35.5. The Kier molecular flexibility index (Phi) is 2.59. The number of nitrogens with zero attached hydrogens (tertiary/aromatic N) is 1. The number of hydrogen-bond donors (Lipinski definition) is 1. The van der Waals surface area contributed by atoms with E-state index in [-0.39, 0.29) is 27.3 Å². The van der Waals surface area contributed by atoms with Gasteiger partial charge in [0, 0.05) is 16.7 Å². The van der Waals surface area contributed by atoms with Gasteiger partial charge in [-0.3, -0.25) is 9.89 Å². The van der Waals surface area contributed by atoms with Crippen molar-refractivity contribution in [3.63, 3.8) is 0 Å². The fourth-order valence-electron chi connectivity index (χ4n) is 4.48. The van der Waals surface area contributed by atoms with Gasteiger partial charge in [-0.25, -0.2) is 9.07 Å². The van der Waals surface area contributed by atoms with Crippen molar-refractivity contribution < 1.29 is 4.39 Å². The Morgan fingerprint density at radius 1 is 1.36 bits per heavy atom. The molecule has 3 nitrogen and oxygen atoms in total. The first-order valence-corrected chi connectivity index (χ1v) is 7.96. The summed E-state index contributed by atoms with van der Waals surface area (Å²) in [5, 5.41) is 3.50. The number of halogens is 2. The van der Waals surface area contributed by atoms with E-state index >= 15 is 0 Å². The minimum Gasteiger partial charge on any atom is -0.294 e. The van der Waals surface area contributed by atoms with Gasteiger partial charge in [0.1, 0.15) is 5.82 Å². The number of aromatic nitrogens is 2. The van der Waals surface area contributed by atoms with E-state index in [9.17, 15) is 9.18 Å². The van der Waals surface area contributed by atoms with Gasteiger partial charge in [0.25, 0.3) is 5.56 Å². The monoisotopic (exact) mass is 320 g/mol. The second-order valence-electron chi connectivity index (χ2n) is 7.28. The minimum atomic E-state index is -0.408. The fraction of sp³-hybridized carbons (Fsp3) is 0.471. The highest BCUT2D eigenvalue weighted by Crippen LogP contribution is 2.66. The standard InChI is InChI=1S/C17H18ClFN2O/c1-16(2)10-6-7-17(16,3)14-13(10)15(22)21(20-14)12-5-4-9(19)8-11(12)18/h4-5,8,10,20H,6-7H2,1-3H3/t10-,17+/m1/s1. The third-order valence-electron chi connectivity index (χ3n) is 6.20. The summed E-state index contributed by atoms with van der Waals surface area (Å²) in [7, 11) is 0. The molecular weight excluding hydrogens is 303 g/mol. The number of benzene rings is 1. The van der Waals surface area contributed by atoms with Crippen molar-refractivity contribution in [3.8, 4) is 5.69 Å². The first-order chi connectivity index (χ1) is 10.3. The molecule has 2 aliphatic carbocycles. The van der Waals surface area contributed by atoms with E-state index in [0.29, 0.717) is 5.69 Å². The Labute approximate surface area is 133 Å². The molecule has 2 aromatic rings. The van der Waals surface area contributed by atoms with Crippen LogP contribution >= 0.6 is 11.6 Å². The van der Waals surface area contributed by atoms with Crippen LogP contribution in [-0.2, 0) is 5.41 Å². The van der Waals surface area contributed by atoms with Crippen LogP contribution in [0.25, 0.3) is 5.69 Å². The zero-order valence-electron chi connectivity index (χ0n) is 12.8. The van der Waals surface area contributed by atoms with Gasteiger partial charge in [-0.05, 0) is 42.4 Å². The topological polar surface area (TPSA) is 37.8 Å². The van der Waals surface area contributed by atoms with Gasteiger partial charge < -0.3 is 0 Å². The van der Waals surface area contributed by atoms with Gasteiger partial charge in [-0.2, -0.15) is 0 Å². The molecule has 5 heteroatoms. The molecule has 2 atom stereocenters. The van der Waals surface area contributed by atoms with Crippen molar-refractivity contribution in [2.24, 2.45) is 5.41 Å². The second kappa shape index (κ2) is 4.05. The zero-order valence-corrected chi connectivity index (χ0v) is 13.6. The van der Waals surface area contributed by atoms with Gasteiger partial charge in [0.2, 0.25) is 0 Å². The molecule has 2 bridgehead atoms. The summed E-state index contributed by atoms with van der Waals surface area (Å²) in [4.78, 5) is 12.9. The smallest absolute Gasteiger partial charge is 0.275 e. The molecule has 116 valence electrons. The van der Waals surface area contributed by atoms with Crippen LogP contribution in [0.4, 0.5) is 4.39 Å². The minimum absolute atomic E-state index is 0.0239. The molecule has 0 amide bonds. The molecule has 0 aliphatic heterocycles. The molecule has 0 spiro atoms. The van der Waals surface area contributed by atoms with Crippen molar-refractivity contribution in [2.75, 3.05) is 0 Å². The summed E-state index contributed by atoms with van der Waals surface area (Å²) < 4.78 is 14.7. The lowest BCUT2D eigenvalue weighted by Gasteiger charge is -2.34. The van der Waals surface area contributed by atoms with Crippen LogP contribution in [0.2, 0.25) is 5.02 Å². The van der Waals surface area contributed by atoms with E-state index in [2.05, 4.69) is 25.9 Å². The summed E-state index contributed by atoms with van der Waals surface area (Å²) in [5.74, 6) is -0.134. The quantitative estimate of drug-likeness (QED) is 0.842. The first-order valence-electron chi connectivity index (χ1n) is 7.58. The van der Waals surface area contributed by atoms with Crippen LogP contribution in [0.5, 0.6) is 0 Å². The molecular formula is C17H18ClFN2O. The van der Waals surface area contributed by atoms with E-state index in [4.69, 9.17) is 11.6 Å². The van der Waals surface area contributed by atoms with Crippen LogP contribution < -0.4 is 5.56 Å². The number of hydrogen-bond acceptors (Lipinski definition) is 1. The van der Waals surface area contributed by atoms with E-state index in [1.807, 2.05) is 0 Å². The van der Waals surface area contributed by atoms with Gasteiger partial charge in [0.15, 0.2) is 0 Å². The summed E-state index contributed by atoms with van der Waals surface area (Å²) in [5.41, 5.74) is 2.43. The van der Waals surface area contributed by atoms with Crippen LogP contribution in [0.3, 0.4) is 0 Å². The maximum atomic E-state index is 13.2. The summed E-state index contributed by atoms with van der Waals surface area (Å²) in [6.45, 7) is 6.71. The second-order valence-corrected chi connectivity index (χ2v) is 7.69. The molecule has 1 N–H and O–H groups in total. The molecule has 1 fully saturated rings. The Morgan fingerprint density at radius 2 is 2.09 bits per heavy atom. The molecule has 0 saturated heterocycles. The number of rotatable bonds is 1. The molecule has 1 aromatic carbocycles. The number of aromatic amines is 1. The maximum Gasteiger partial charge on any atom is 0.275 e. The Balaban J connectivity index is 1.96. The summed E-state index contributed by atoms with van der Waals surface area (Å²) in [6, 6.07) is 4.09. The van der Waals surface area contributed by atoms with Crippen molar-refractivity contribution in [1.29, 1.82) is 0 Å². The van der Waals surface area contributed by atoms with Crippen molar-refractivity contribution in [2.45, 2.75) is 44.9 Å². The molecule has 1 saturated carbocycles. The van der Waals surface area contributed by atoms with Crippen molar-refractivity contribution >= 4 is 11.6 Å². The van der Waals surface area contributed by atoms with E-state index < -0.39 is 5.82 Å². The first kappa shape index (κ1) is 14.1. The molecule has 2 aliphatic rings. The van der Waals surface area contributed by atoms with Crippen LogP contribution in [0.1, 0.15) is 50.8 Å². The van der Waals surface area contributed by atoms with Crippen LogP contribution in [0, 0.1) is 11.2 Å². The van der Waals surface area contributed by atoms with Gasteiger partial charge >= 0.3 is 0 Å².